The van der Waals surface area contributed by atoms with Gasteiger partial charge in [0.2, 0.25) is 0 Å². The van der Waals surface area contributed by atoms with Crippen molar-refractivity contribution >= 4 is 15.9 Å². The summed E-state index contributed by atoms with van der Waals surface area (Å²) in [6, 6.07) is 12.2. The molecule has 0 saturated heterocycles. The summed E-state index contributed by atoms with van der Waals surface area (Å²) in [5.74, 6) is 0.821. The summed E-state index contributed by atoms with van der Waals surface area (Å²) in [7, 11) is 0. The van der Waals surface area contributed by atoms with Gasteiger partial charge in [0.1, 0.15) is 12.4 Å². The summed E-state index contributed by atoms with van der Waals surface area (Å²) in [5, 5.41) is 0. The van der Waals surface area contributed by atoms with Gasteiger partial charge in [0.05, 0.1) is 10.2 Å². The van der Waals surface area contributed by atoms with Gasteiger partial charge in [-0.2, -0.15) is 0 Å². The average Bonchev–Trinajstić information content (AvgIpc) is 2.37. The summed E-state index contributed by atoms with van der Waals surface area (Å²) in [4.78, 5) is 4.42. The first-order valence-corrected chi connectivity index (χ1v) is 7.43. The Hall–Kier alpha value is -1.39. The maximum Gasteiger partial charge on any atom is 0.134 e. The normalized spacial score (nSPS) is 12.2. The largest absolute Gasteiger partial charge is 0.486 e. The van der Waals surface area contributed by atoms with Crippen LogP contribution in [0.4, 0.5) is 0 Å². The number of benzene rings is 1. The lowest BCUT2D eigenvalue weighted by Gasteiger charge is -2.11. The Morgan fingerprint density at radius 1 is 1.30 bits per heavy atom. The second-order valence-electron chi connectivity index (χ2n) is 5.01. The number of nitrogens with zero attached hydrogens (tertiary/aromatic N) is 1. The number of halogens is 1. The van der Waals surface area contributed by atoms with Crippen LogP contribution in [0.15, 0.2) is 40.9 Å². The lowest BCUT2D eigenvalue weighted by molar-refractivity contribution is 0.299. The Balaban J connectivity index is 2.03. The van der Waals surface area contributed by atoms with E-state index in [1.807, 2.05) is 44.2 Å². The zero-order valence-electron chi connectivity index (χ0n) is 11.8. The molecule has 1 aromatic heterocycles. The van der Waals surface area contributed by atoms with E-state index in [0.717, 1.165) is 28.0 Å². The fraction of sp³-hybridized carbons (Fsp3) is 0.312. The number of nitrogens with two attached hydrogens (primary N) is 1. The smallest absolute Gasteiger partial charge is 0.134 e. The van der Waals surface area contributed by atoms with Crippen LogP contribution in [0.3, 0.4) is 0 Å². The van der Waals surface area contributed by atoms with Gasteiger partial charge in [-0.25, -0.2) is 0 Å². The molecule has 2 aromatic rings. The van der Waals surface area contributed by atoms with Crippen molar-refractivity contribution in [1.29, 1.82) is 0 Å². The molecule has 0 aliphatic heterocycles. The number of hydrogen-bond donors (Lipinski definition) is 1. The van der Waals surface area contributed by atoms with E-state index in [-0.39, 0.29) is 6.04 Å². The van der Waals surface area contributed by atoms with Crippen LogP contribution in [0.2, 0.25) is 0 Å². The SMILES string of the molecule is Cc1cccc(COc2ccc(CC(C)N)cc2Br)n1. The second kappa shape index (κ2) is 6.86. The molecule has 0 aliphatic carbocycles. The molecule has 1 unspecified atom stereocenters. The van der Waals surface area contributed by atoms with E-state index in [2.05, 4.69) is 27.0 Å². The minimum Gasteiger partial charge on any atom is -0.486 e. The first-order chi connectivity index (χ1) is 9.54. The van der Waals surface area contributed by atoms with E-state index >= 15 is 0 Å². The van der Waals surface area contributed by atoms with Crippen molar-refractivity contribution in [2.75, 3.05) is 0 Å². The molecule has 0 spiro atoms. The quantitative estimate of drug-likeness (QED) is 0.908. The Labute approximate surface area is 128 Å². The van der Waals surface area contributed by atoms with E-state index < -0.39 is 0 Å². The van der Waals surface area contributed by atoms with E-state index in [1.165, 1.54) is 5.56 Å². The van der Waals surface area contributed by atoms with Crippen molar-refractivity contribution in [1.82, 2.24) is 4.98 Å². The lowest BCUT2D eigenvalue weighted by atomic mass is 10.1. The highest BCUT2D eigenvalue weighted by Gasteiger charge is 2.05. The molecule has 0 radical (unpaired) electrons. The molecule has 106 valence electrons. The van der Waals surface area contributed by atoms with Crippen LogP contribution in [-0.2, 0) is 13.0 Å². The highest BCUT2D eigenvalue weighted by atomic mass is 79.9. The molecule has 1 heterocycles. The van der Waals surface area contributed by atoms with Gasteiger partial charge in [-0.3, -0.25) is 4.98 Å². The fourth-order valence-corrected chi connectivity index (χ4v) is 2.53. The molecular weight excluding hydrogens is 316 g/mol. The fourth-order valence-electron chi connectivity index (χ4n) is 1.99. The second-order valence-corrected chi connectivity index (χ2v) is 5.86. The van der Waals surface area contributed by atoms with Crippen LogP contribution < -0.4 is 10.5 Å². The van der Waals surface area contributed by atoms with Crippen LogP contribution in [0.5, 0.6) is 5.75 Å². The van der Waals surface area contributed by atoms with Crippen molar-refractivity contribution in [2.45, 2.75) is 32.9 Å². The monoisotopic (exact) mass is 334 g/mol. The minimum atomic E-state index is 0.158. The van der Waals surface area contributed by atoms with Crippen LogP contribution in [0, 0.1) is 6.92 Å². The Kier molecular flexibility index (Phi) is 5.15. The highest BCUT2D eigenvalue weighted by Crippen LogP contribution is 2.27. The molecule has 4 heteroatoms. The number of aryl methyl sites for hydroxylation is 1. The number of pyridine rings is 1. The van der Waals surface area contributed by atoms with Crippen molar-refractivity contribution in [3.05, 3.63) is 57.8 Å². The van der Waals surface area contributed by atoms with Gasteiger partial charge in [0, 0.05) is 11.7 Å². The van der Waals surface area contributed by atoms with Gasteiger partial charge in [-0.05, 0) is 66.0 Å². The van der Waals surface area contributed by atoms with Crippen LogP contribution in [0.25, 0.3) is 0 Å². The van der Waals surface area contributed by atoms with Crippen molar-refractivity contribution in [3.63, 3.8) is 0 Å². The molecule has 2 N–H and O–H groups in total. The Morgan fingerprint density at radius 2 is 2.10 bits per heavy atom. The first kappa shape index (κ1) is 15.0. The topological polar surface area (TPSA) is 48.1 Å². The van der Waals surface area contributed by atoms with E-state index in [4.69, 9.17) is 10.5 Å². The summed E-state index contributed by atoms with van der Waals surface area (Å²) >= 11 is 3.54. The number of aromatic nitrogens is 1. The van der Waals surface area contributed by atoms with Crippen LogP contribution >= 0.6 is 15.9 Å². The van der Waals surface area contributed by atoms with Gasteiger partial charge in [0.25, 0.3) is 0 Å². The highest BCUT2D eigenvalue weighted by molar-refractivity contribution is 9.10. The third-order valence-corrected chi connectivity index (χ3v) is 3.50. The predicted octanol–water partition coefficient (Wildman–Crippen LogP) is 3.62. The molecule has 1 aromatic carbocycles. The average molecular weight is 335 g/mol. The van der Waals surface area contributed by atoms with Crippen molar-refractivity contribution in [3.8, 4) is 5.75 Å². The van der Waals surface area contributed by atoms with Crippen molar-refractivity contribution < 1.29 is 4.74 Å². The molecule has 0 bridgehead atoms. The summed E-state index contributed by atoms with van der Waals surface area (Å²) in [6.45, 7) is 4.44. The Bertz CT molecular complexity index is 584. The standard InChI is InChI=1S/C16H19BrN2O/c1-11(18)8-13-6-7-16(15(17)9-13)20-10-14-5-3-4-12(2)19-14/h3-7,9,11H,8,10,18H2,1-2H3. The van der Waals surface area contributed by atoms with Crippen molar-refractivity contribution in [2.24, 2.45) is 5.73 Å². The molecule has 1 atom stereocenters. The number of hydrogen-bond acceptors (Lipinski definition) is 3. The molecule has 2 rings (SSSR count). The predicted molar refractivity (Wildman–Crippen MR) is 84.8 cm³/mol. The first-order valence-electron chi connectivity index (χ1n) is 6.64. The number of rotatable bonds is 5. The van der Waals surface area contributed by atoms with Gasteiger partial charge in [-0.15, -0.1) is 0 Å². The van der Waals surface area contributed by atoms with Gasteiger partial charge < -0.3 is 10.5 Å². The maximum absolute atomic E-state index is 5.81. The lowest BCUT2D eigenvalue weighted by Crippen LogP contribution is -2.17. The van der Waals surface area contributed by atoms with E-state index in [0.29, 0.717) is 6.61 Å². The minimum absolute atomic E-state index is 0.158. The molecule has 0 amide bonds. The van der Waals surface area contributed by atoms with Crippen LogP contribution in [-0.4, -0.2) is 11.0 Å². The molecule has 0 saturated carbocycles. The van der Waals surface area contributed by atoms with Gasteiger partial charge >= 0.3 is 0 Å². The van der Waals surface area contributed by atoms with E-state index in [9.17, 15) is 0 Å². The molecule has 0 aliphatic rings. The maximum atomic E-state index is 5.81. The molecule has 0 fully saturated rings. The summed E-state index contributed by atoms with van der Waals surface area (Å²) in [5.41, 5.74) is 8.93. The zero-order chi connectivity index (χ0) is 14.5. The molecule has 20 heavy (non-hydrogen) atoms. The zero-order valence-corrected chi connectivity index (χ0v) is 13.4. The van der Waals surface area contributed by atoms with Gasteiger partial charge in [-0.1, -0.05) is 12.1 Å². The molecule has 3 nitrogen and oxygen atoms in total. The third-order valence-electron chi connectivity index (χ3n) is 2.88. The summed E-state index contributed by atoms with van der Waals surface area (Å²) in [6.07, 6.45) is 0.859. The number of ether oxygens (including phenoxy) is 1. The van der Waals surface area contributed by atoms with Crippen LogP contribution in [0.1, 0.15) is 23.9 Å². The Morgan fingerprint density at radius 3 is 2.75 bits per heavy atom. The summed E-state index contributed by atoms with van der Waals surface area (Å²) < 4.78 is 6.74. The van der Waals surface area contributed by atoms with E-state index in [1.54, 1.807) is 0 Å². The third kappa shape index (κ3) is 4.32. The van der Waals surface area contributed by atoms with Gasteiger partial charge in [0.15, 0.2) is 0 Å². The molecular formula is C16H19BrN2O.